The van der Waals surface area contributed by atoms with Crippen molar-refractivity contribution in [2.75, 3.05) is 5.32 Å². The van der Waals surface area contributed by atoms with Crippen molar-refractivity contribution in [3.05, 3.63) is 28.2 Å². The Labute approximate surface area is 113 Å². The maximum Gasteiger partial charge on any atom is 0.337 e. The average molecular weight is 315 g/mol. The molecule has 0 fully saturated rings. The van der Waals surface area contributed by atoms with Gasteiger partial charge >= 0.3 is 5.97 Å². The zero-order valence-electron chi connectivity index (χ0n) is 9.94. The fourth-order valence-electron chi connectivity index (χ4n) is 1.47. The summed E-state index contributed by atoms with van der Waals surface area (Å²) in [6.07, 6.45) is 1.35. The fraction of sp³-hybridized carbons (Fsp3) is 0.333. The molecule has 0 heterocycles. The third-order valence-electron chi connectivity index (χ3n) is 2.41. The maximum absolute atomic E-state index is 11.7. The molecule has 1 unspecified atom stereocenters. The number of aromatic carboxylic acids is 1. The van der Waals surface area contributed by atoms with Crippen molar-refractivity contribution in [2.24, 2.45) is 5.73 Å². The average Bonchev–Trinajstić information content (AvgIpc) is 2.31. The van der Waals surface area contributed by atoms with Crippen LogP contribution < -0.4 is 11.1 Å². The number of carbonyl (C=O) groups excluding carboxylic acids is 1. The standard InChI is InChI=1S/C12H15BrN2O3/c1-2-3-9(14)11(16)15-10-5-4-7(13)6-8(10)12(17)18/h4-6,9H,2-3,14H2,1H3,(H,15,16)(H,17,18). The van der Waals surface area contributed by atoms with Crippen LogP contribution in [0.2, 0.25) is 0 Å². The van der Waals surface area contributed by atoms with E-state index in [1.807, 2.05) is 6.92 Å². The molecule has 0 saturated carbocycles. The van der Waals surface area contributed by atoms with Crippen LogP contribution in [0.1, 0.15) is 30.1 Å². The van der Waals surface area contributed by atoms with E-state index >= 15 is 0 Å². The Bertz CT molecular complexity index is 463. The number of carboxylic acid groups (broad SMARTS) is 1. The number of carboxylic acids is 1. The summed E-state index contributed by atoms with van der Waals surface area (Å²) in [7, 11) is 0. The highest BCUT2D eigenvalue weighted by Crippen LogP contribution is 2.21. The molecule has 98 valence electrons. The van der Waals surface area contributed by atoms with Gasteiger partial charge in [0.15, 0.2) is 0 Å². The molecule has 0 bridgehead atoms. The summed E-state index contributed by atoms with van der Waals surface area (Å²) in [5.41, 5.74) is 5.94. The first-order chi connectivity index (χ1) is 8.45. The van der Waals surface area contributed by atoms with Crippen LogP contribution in [0, 0.1) is 0 Å². The van der Waals surface area contributed by atoms with E-state index in [0.29, 0.717) is 10.9 Å². The summed E-state index contributed by atoms with van der Waals surface area (Å²) in [6.45, 7) is 1.93. The number of amides is 1. The zero-order valence-corrected chi connectivity index (χ0v) is 11.5. The lowest BCUT2D eigenvalue weighted by molar-refractivity contribution is -0.117. The third kappa shape index (κ3) is 3.82. The minimum Gasteiger partial charge on any atom is -0.478 e. The van der Waals surface area contributed by atoms with E-state index in [1.54, 1.807) is 6.07 Å². The van der Waals surface area contributed by atoms with E-state index in [0.717, 1.165) is 6.42 Å². The van der Waals surface area contributed by atoms with Crippen LogP contribution in [-0.4, -0.2) is 23.0 Å². The first kappa shape index (κ1) is 14.7. The first-order valence-electron chi connectivity index (χ1n) is 5.55. The minimum atomic E-state index is -1.10. The SMILES string of the molecule is CCCC(N)C(=O)Nc1ccc(Br)cc1C(=O)O. The van der Waals surface area contributed by atoms with Crippen LogP contribution in [0.5, 0.6) is 0 Å². The Kier molecular flexibility index (Phi) is 5.30. The Morgan fingerprint density at radius 1 is 1.50 bits per heavy atom. The molecule has 1 amide bonds. The molecule has 18 heavy (non-hydrogen) atoms. The Hall–Kier alpha value is -1.40. The normalized spacial score (nSPS) is 11.9. The van der Waals surface area contributed by atoms with Crippen molar-refractivity contribution >= 4 is 33.5 Å². The number of nitrogens with two attached hydrogens (primary N) is 1. The Morgan fingerprint density at radius 2 is 2.17 bits per heavy atom. The highest BCUT2D eigenvalue weighted by atomic mass is 79.9. The van der Waals surface area contributed by atoms with Gasteiger partial charge in [-0.3, -0.25) is 4.79 Å². The van der Waals surface area contributed by atoms with E-state index in [-0.39, 0.29) is 17.2 Å². The van der Waals surface area contributed by atoms with Crippen LogP contribution in [0.25, 0.3) is 0 Å². The lowest BCUT2D eigenvalue weighted by Gasteiger charge is -2.13. The number of hydrogen-bond donors (Lipinski definition) is 3. The van der Waals surface area contributed by atoms with Gasteiger partial charge in [0.25, 0.3) is 0 Å². The molecular formula is C12H15BrN2O3. The molecule has 0 aliphatic rings. The van der Waals surface area contributed by atoms with E-state index < -0.39 is 12.0 Å². The van der Waals surface area contributed by atoms with Gasteiger partial charge in [-0.05, 0) is 24.6 Å². The number of halogens is 1. The quantitative estimate of drug-likeness (QED) is 0.777. The minimum absolute atomic E-state index is 0.0291. The van der Waals surface area contributed by atoms with Crippen LogP contribution in [0.3, 0.4) is 0 Å². The van der Waals surface area contributed by atoms with Gasteiger partial charge in [0, 0.05) is 4.47 Å². The first-order valence-corrected chi connectivity index (χ1v) is 6.34. The predicted octanol–water partition coefficient (Wildman–Crippen LogP) is 2.21. The monoisotopic (exact) mass is 314 g/mol. The van der Waals surface area contributed by atoms with Crippen molar-refractivity contribution in [3.63, 3.8) is 0 Å². The summed E-state index contributed by atoms with van der Waals surface area (Å²) >= 11 is 3.18. The molecule has 0 radical (unpaired) electrons. The molecule has 1 aromatic rings. The number of hydrogen-bond acceptors (Lipinski definition) is 3. The van der Waals surface area contributed by atoms with Gasteiger partial charge in [0.1, 0.15) is 0 Å². The summed E-state index contributed by atoms with van der Waals surface area (Å²) in [4.78, 5) is 22.8. The molecule has 1 atom stereocenters. The maximum atomic E-state index is 11.7. The third-order valence-corrected chi connectivity index (χ3v) is 2.90. The molecule has 4 N–H and O–H groups in total. The largest absolute Gasteiger partial charge is 0.478 e. The molecular weight excluding hydrogens is 300 g/mol. The van der Waals surface area contributed by atoms with Crippen LogP contribution >= 0.6 is 15.9 Å². The number of carbonyl (C=O) groups is 2. The molecule has 5 nitrogen and oxygen atoms in total. The van der Waals surface area contributed by atoms with Crippen molar-refractivity contribution < 1.29 is 14.7 Å². The van der Waals surface area contributed by atoms with Crippen molar-refractivity contribution in [2.45, 2.75) is 25.8 Å². The smallest absolute Gasteiger partial charge is 0.337 e. The second-order valence-corrected chi connectivity index (χ2v) is 4.80. The summed E-state index contributed by atoms with van der Waals surface area (Å²) in [6, 6.07) is 4.00. The van der Waals surface area contributed by atoms with E-state index in [1.165, 1.54) is 12.1 Å². The summed E-state index contributed by atoms with van der Waals surface area (Å²) in [5, 5.41) is 11.6. The van der Waals surface area contributed by atoms with Crippen LogP contribution in [-0.2, 0) is 4.79 Å². The summed E-state index contributed by atoms with van der Waals surface area (Å²) in [5.74, 6) is -1.47. The molecule has 0 aliphatic heterocycles. The van der Waals surface area contributed by atoms with Crippen molar-refractivity contribution in [1.82, 2.24) is 0 Å². The molecule has 0 spiro atoms. The molecule has 1 rings (SSSR count). The molecule has 6 heteroatoms. The van der Waals surface area contributed by atoms with Crippen LogP contribution in [0.4, 0.5) is 5.69 Å². The Balaban J connectivity index is 2.90. The van der Waals surface area contributed by atoms with Gasteiger partial charge in [-0.15, -0.1) is 0 Å². The highest BCUT2D eigenvalue weighted by Gasteiger charge is 2.16. The lowest BCUT2D eigenvalue weighted by atomic mass is 10.1. The van der Waals surface area contributed by atoms with Gasteiger partial charge < -0.3 is 16.2 Å². The van der Waals surface area contributed by atoms with Crippen molar-refractivity contribution in [3.8, 4) is 0 Å². The molecule has 1 aromatic carbocycles. The molecule has 0 aromatic heterocycles. The van der Waals surface area contributed by atoms with Gasteiger partial charge in [-0.2, -0.15) is 0 Å². The van der Waals surface area contributed by atoms with Gasteiger partial charge in [0.2, 0.25) is 5.91 Å². The van der Waals surface area contributed by atoms with Gasteiger partial charge in [-0.25, -0.2) is 4.79 Å². The number of nitrogens with one attached hydrogen (secondary N) is 1. The van der Waals surface area contributed by atoms with Crippen LogP contribution in [0.15, 0.2) is 22.7 Å². The fourth-order valence-corrected chi connectivity index (χ4v) is 1.83. The topological polar surface area (TPSA) is 92.4 Å². The second-order valence-electron chi connectivity index (χ2n) is 3.88. The van der Waals surface area contributed by atoms with Crippen molar-refractivity contribution in [1.29, 1.82) is 0 Å². The number of benzene rings is 1. The van der Waals surface area contributed by atoms with Gasteiger partial charge in [0.05, 0.1) is 17.3 Å². The van der Waals surface area contributed by atoms with E-state index in [2.05, 4.69) is 21.2 Å². The number of rotatable bonds is 5. The predicted molar refractivity (Wildman–Crippen MR) is 72.6 cm³/mol. The summed E-state index contributed by atoms with van der Waals surface area (Å²) < 4.78 is 0.635. The molecule has 0 saturated heterocycles. The Morgan fingerprint density at radius 3 is 2.72 bits per heavy atom. The van der Waals surface area contributed by atoms with Gasteiger partial charge in [-0.1, -0.05) is 29.3 Å². The second kappa shape index (κ2) is 6.51. The molecule has 0 aliphatic carbocycles. The van der Waals surface area contributed by atoms with E-state index in [4.69, 9.17) is 10.8 Å². The number of anilines is 1. The lowest BCUT2D eigenvalue weighted by Crippen LogP contribution is -2.35. The zero-order chi connectivity index (χ0) is 13.7. The van der Waals surface area contributed by atoms with E-state index in [9.17, 15) is 9.59 Å². The highest BCUT2D eigenvalue weighted by molar-refractivity contribution is 9.10.